The molecule has 4 rings (SSSR count). The van der Waals surface area contributed by atoms with Crippen LogP contribution in [0.1, 0.15) is 87.6 Å². The Hall–Kier alpha value is -1.36. The van der Waals surface area contributed by atoms with E-state index in [-0.39, 0.29) is 11.8 Å². The normalized spacial score (nSPS) is 32.6. The Morgan fingerprint density at radius 3 is 2.56 bits per heavy atom. The Morgan fingerprint density at radius 2 is 1.96 bits per heavy atom. The molecule has 1 aromatic heterocycles. The summed E-state index contributed by atoms with van der Waals surface area (Å²) in [6.07, 6.45) is 6.03. The topological polar surface area (TPSA) is 75.4 Å². The number of hydrogen-bond donors (Lipinski definition) is 2. The molecule has 1 aliphatic heterocycles. The van der Waals surface area contributed by atoms with Crippen LogP contribution in [0.4, 0.5) is 0 Å². The van der Waals surface area contributed by atoms with Crippen LogP contribution in [0, 0.1) is 17.3 Å². The molecule has 3 fully saturated rings. The molecule has 5 heteroatoms. The number of nitrogens with zero attached hydrogens (tertiary/aromatic N) is 1. The summed E-state index contributed by atoms with van der Waals surface area (Å²) >= 11 is 0. The van der Waals surface area contributed by atoms with Crippen LogP contribution >= 0.6 is 0 Å². The van der Waals surface area contributed by atoms with E-state index < -0.39 is 5.97 Å². The third-order valence-electron chi connectivity index (χ3n) is 6.16. The molecule has 2 heterocycles. The Kier molecular flexibility index (Phi) is 4.18. The summed E-state index contributed by atoms with van der Waals surface area (Å²) in [5, 5.41) is 17.1. The zero-order valence-electron chi connectivity index (χ0n) is 15.5. The van der Waals surface area contributed by atoms with Crippen molar-refractivity contribution in [1.82, 2.24) is 10.5 Å². The first-order chi connectivity index (χ1) is 11.8. The molecule has 0 unspecified atom stereocenters. The predicted molar refractivity (Wildman–Crippen MR) is 94.8 cm³/mol. The molecule has 1 aromatic rings. The third-order valence-corrected chi connectivity index (χ3v) is 6.16. The standard InChI is InChI=1S/C20H30N2O3/c1-20(2,3)8-11-6-13(7-11)18-16(12-4-5-12)17(22-25-18)14-9-21-10-15(14)19(23)24/h11-15,21H,4-10H2,1-3H3,(H,23,24)/t11-,13+,14-,15-/m0/s1. The Morgan fingerprint density at radius 1 is 1.24 bits per heavy atom. The van der Waals surface area contributed by atoms with E-state index >= 15 is 0 Å². The van der Waals surface area contributed by atoms with Gasteiger partial charge >= 0.3 is 5.97 Å². The molecule has 0 aromatic carbocycles. The van der Waals surface area contributed by atoms with Crippen molar-refractivity contribution in [3.63, 3.8) is 0 Å². The smallest absolute Gasteiger partial charge is 0.308 e. The maximum atomic E-state index is 11.6. The van der Waals surface area contributed by atoms with Crippen molar-refractivity contribution in [3.8, 4) is 0 Å². The average molecular weight is 346 g/mol. The summed E-state index contributed by atoms with van der Waals surface area (Å²) < 4.78 is 5.85. The highest BCUT2D eigenvalue weighted by atomic mass is 16.5. The molecule has 2 N–H and O–H groups in total. The highest BCUT2D eigenvalue weighted by Gasteiger charge is 2.45. The SMILES string of the molecule is CC(C)(C)C[C@H]1C[C@@H](c2onc([C@H]3CNC[C@@H]3C(=O)O)c2C2CC2)C1. The van der Waals surface area contributed by atoms with Crippen molar-refractivity contribution in [2.75, 3.05) is 13.1 Å². The van der Waals surface area contributed by atoms with Gasteiger partial charge < -0.3 is 14.9 Å². The molecule has 5 nitrogen and oxygen atoms in total. The minimum atomic E-state index is -0.727. The van der Waals surface area contributed by atoms with Gasteiger partial charge in [-0.15, -0.1) is 0 Å². The molecule has 138 valence electrons. The number of nitrogens with one attached hydrogen (secondary N) is 1. The zero-order chi connectivity index (χ0) is 17.8. The van der Waals surface area contributed by atoms with Crippen molar-refractivity contribution < 1.29 is 14.4 Å². The lowest BCUT2D eigenvalue weighted by Crippen LogP contribution is -2.26. The number of carboxylic acids is 1. The molecule has 25 heavy (non-hydrogen) atoms. The van der Waals surface area contributed by atoms with Crippen molar-refractivity contribution in [2.45, 2.75) is 70.6 Å². The lowest BCUT2D eigenvalue weighted by Gasteiger charge is -2.38. The number of aromatic nitrogens is 1. The molecule has 3 aliphatic rings. The van der Waals surface area contributed by atoms with E-state index in [4.69, 9.17) is 4.52 Å². The van der Waals surface area contributed by atoms with E-state index in [1.165, 1.54) is 37.7 Å². The highest BCUT2D eigenvalue weighted by molar-refractivity contribution is 5.72. The van der Waals surface area contributed by atoms with Crippen molar-refractivity contribution in [2.24, 2.45) is 17.3 Å². The van der Waals surface area contributed by atoms with Crippen LogP contribution in [0.2, 0.25) is 0 Å². The third kappa shape index (κ3) is 3.35. The molecule has 0 bridgehead atoms. The molecular weight excluding hydrogens is 316 g/mol. The van der Waals surface area contributed by atoms with Crippen LogP contribution in [0.15, 0.2) is 4.52 Å². The van der Waals surface area contributed by atoms with Crippen LogP contribution in [0.3, 0.4) is 0 Å². The molecule has 2 aliphatic carbocycles. The first-order valence-corrected chi connectivity index (χ1v) is 9.76. The van der Waals surface area contributed by atoms with E-state index in [2.05, 4.69) is 31.2 Å². The van der Waals surface area contributed by atoms with Gasteiger partial charge in [0, 0.05) is 30.5 Å². The number of carboxylic acid groups (broad SMARTS) is 1. The number of carbonyl (C=O) groups is 1. The van der Waals surface area contributed by atoms with E-state index in [0.717, 1.165) is 17.4 Å². The molecule has 0 spiro atoms. The maximum Gasteiger partial charge on any atom is 0.308 e. The Balaban J connectivity index is 1.53. The lowest BCUT2D eigenvalue weighted by atomic mass is 9.66. The van der Waals surface area contributed by atoms with Crippen LogP contribution in [-0.2, 0) is 4.79 Å². The summed E-state index contributed by atoms with van der Waals surface area (Å²) in [6, 6.07) is 0. The van der Waals surface area contributed by atoms with E-state index in [1.807, 2.05) is 0 Å². The summed E-state index contributed by atoms with van der Waals surface area (Å²) in [6.45, 7) is 8.15. The first kappa shape index (κ1) is 17.1. The van der Waals surface area contributed by atoms with Gasteiger partial charge in [0.15, 0.2) is 0 Å². The van der Waals surface area contributed by atoms with Crippen LogP contribution in [0.25, 0.3) is 0 Å². The molecule has 0 radical (unpaired) electrons. The van der Waals surface area contributed by atoms with Crippen LogP contribution < -0.4 is 5.32 Å². The molecule has 0 amide bonds. The maximum absolute atomic E-state index is 11.6. The molecule has 1 saturated heterocycles. The molecule has 2 atom stereocenters. The van der Waals surface area contributed by atoms with Gasteiger partial charge in [0.1, 0.15) is 5.76 Å². The predicted octanol–water partition coefficient (Wildman–Crippen LogP) is 3.87. The summed E-state index contributed by atoms with van der Waals surface area (Å²) in [5.41, 5.74) is 2.60. The molecule has 2 saturated carbocycles. The van der Waals surface area contributed by atoms with Gasteiger partial charge in [0.2, 0.25) is 0 Å². The van der Waals surface area contributed by atoms with Crippen molar-refractivity contribution >= 4 is 5.97 Å². The highest BCUT2D eigenvalue weighted by Crippen LogP contribution is 2.53. The zero-order valence-corrected chi connectivity index (χ0v) is 15.5. The van der Waals surface area contributed by atoms with Crippen molar-refractivity contribution in [1.29, 1.82) is 0 Å². The van der Waals surface area contributed by atoms with Gasteiger partial charge in [-0.25, -0.2) is 0 Å². The second kappa shape index (κ2) is 6.11. The minimum Gasteiger partial charge on any atom is -0.481 e. The van der Waals surface area contributed by atoms with Gasteiger partial charge in [-0.3, -0.25) is 4.79 Å². The van der Waals surface area contributed by atoms with Crippen LogP contribution in [0.5, 0.6) is 0 Å². The summed E-state index contributed by atoms with van der Waals surface area (Å²) in [4.78, 5) is 11.6. The fourth-order valence-electron chi connectivity index (χ4n) is 4.88. The van der Waals surface area contributed by atoms with Crippen molar-refractivity contribution in [3.05, 3.63) is 17.0 Å². The van der Waals surface area contributed by atoms with E-state index in [9.17, 15) is 9.90 Å². The largest absolute Gasteiger partial charge is 0.481 e. The van der Waals surface area contributed by atoms with Gasteiger partial charge in [-0.1, -0.05) is 25.9 Å². The monoisotopic (exact) mass is 346 g/mol. The summed E-state index contributed by atoms with van der Waals surface area (Å²) in [7, 11) is 0. The fraction of sp³-hybridized carbons (Fsp3) is 0.800. The second-order valence-electron chi connectivity index (χ2n) is 9.63. The molecular formula is C20H30N2O3. The fourth-order valence-corrected chi connectivity index (χ4v) is 4.88. The Bertz CT molecular complexity index is 650. The van der Waals surface area contributed by atoms with Gasteiger partial charge in [0.05, 0.1) is 11.6 Å². The Labute approximate surface area is 149 Å². The number of hydrogen-bond acceptors (Lipinski definition) is 4. The van der Waals surface area contributed by atoms with E-state index in [0.29, 0.717) is 30.3 Å². The van der Waals surface area contributed by atoms with Gasteiger partial charge in [0.25, 0.3) is 0 Å². The minimum absolute atomic E-state index is 0.0453. The number of aliphatic carboxylic acids is 1. The average Bonchev–Trinajstić information content (AvgIpc) is 3.04. The first-order valence-electron chi connectivity index (χ1n) is 9.76. The quantitative estimate of drug-likeness (QED) is 0.846. The van der Waals surface area contributed by atoms with Crippen LogP contribution in [-0.4, -0.2) is 29.3 Å². The van der Waals surface area contributed by atoms with Gasteiger partial charge in [-0.05, 0) is 49.4 Å². The van der Waals surface area contributed by atoms with Gasteiger partial charge in [-0.2, -0.15) is 0 Å². The second-order valence-corrected chi connectivity index (χ2v) is 9.63. The number of rotatable bonds is 5. The summed E-state index contributed by atoms with van der Waals surface area (Å²) in [5.74, 6) is 1.75. The van der Waals surface area contributed by atoms with E-state index in [1.54, 1.807) is 0 Å². The lowest BCUT2D eigenvalue weighted by molar-refractivity contribution is -0.141.